The Balaban J connectivity index is 1.49. The minimum atomic E-state index is -1.05. The summed E-state index contributed by atoms with van der Waals surface area (Å²) < 4.78 is 9.87. The quantitative estimate of drug-likeness (QED) is 0.427. The molecule has 190 valence electrons. The first kappa shape index (κ1) is 25.7. The molecule has 1 aliphatic carbocycles. The highest BCUT2D eigenvalue weighted by Crippen LogP contribution is 2.42. The second-order valence-corrected chi connectivity index (χ2v) is 9.96. The van der Waals surface area contributed by atoms with Crippen LogP contribution < -0.4 is 5.32 Å². The minimum absolute atomic E-state index is 0.160. The average Bonchev–Trinajstić information content (AvgIpc) is 3.36. The largest absolute Gasteiger partial charge is 0.469 e. The number of aliphatic hydroxyl groups is 1. The molecule has 10 heteroatoms. The molecular weight excluding hydrogens is 480 g/mol. The molecule has 0 saturated heterocycles. The third-order valence-electron chi connectivity index (χ3n) is 6.22. The van der Waals surface area contributed by atoms with Gasteiger partial charge in [0.1, 0.15) is 22.2 Å². The number of aromatic nitrogens is 3. The van der Waals surface area contributed by atoms with E-state index in [1.165, 1.54) is 18.4 Å². The number of anilines is 2. The number of carbonyl (C=O) groups is 2. The molecule has 1 aliphatic rings. The van der Waals surface area contributed by atoms with Gasteiger partial charge in [0, 0.05) is 12.4 Å². The highest BCUT2D eigenvalue weighted by Gasteiger charge is 2.39. The van der Waals surface area contributed by atoms with E-state index in [1.807, 2.05) is 19.1 Å². The lowest BCUT2D eigenvalue weighted by Crippen LogP contribution is -2.34. The summed E-state index contributed by atoms with van der Waals surface area (Å²) >= 11 is 1.41. The van der Waals surface area contributed by atoms with Crippen LogP contribution in [0.3, 0.4) is 0 Å². The van der Waals surface area contributed by atoms with Crippen molar-refractivity contribution in [2.24, 2.45) is 5.92 Å². The maximum Gasteiger partial charge on any atom is 0.309 e. The Labute approximate surface area is 213 Å². The number of methoxy groups -OCH3 is 1. The van der Waals surface area contributed by atoms with Crippen LogP contribution in [-0.2, 0) is 31.1 Å². The predicted octanol–water partition coefficient (Wildman–Crippen LogP) is 4.31. The summed E-state index contributed by atoms with van der Waals surface area (Å²) in [6.07, 6.45) is 5.59. The summed E-state index contributed by atoms with van der Waals surface area (Å²) in [6.45, 7) is 4.14. The molecule has 0 aliphatic heterocycles. The molecule has 0 atom stereocenters. The van der Waals surface area contributed by atoms with Crippen molar-refractivity contribution in [3.05, 3.63) is 52.8 Å². The molecule has 0 unspecified atom stereocenters. The first-order chi connectivity index (χ1) is 17.3. The van der Waals surface area contributed by atoms with Crippen molar-refractivity contribution in [1.29, 1.82) is 0 Å². The van der Waals surface area contributed by atoms with Crippen LogP contribution in [0.25, 0.3) is 10.6 Å². The van der Waals surface area contributed by atoms with Crippen LogP contribution in [0.1, 0.15) is 48.7 Å². The topological polar surface area (TPSA) is 124 Å². The van der Waals surface area contributed by atoms with Gasteiger partial charge < -0.3 is 19.9 Å². The number of thiazole rings is 1. The fourth-order valence-electron chi connectivity index (χ4n) is 4.29. The van der Waals surface area contributed by atoms with E-state index in [0.717, 1.165) is 21.7 Å². The van der Waals surface area contributed by atoms with Crippen molar-refractivity contribution in [3.8, 4) is 10.6 Å². The van der Waals surface area contributed by atoms with Gasteiger partial charge in [0.15, 0.2) is 0 Å². The van der Waals surface area contributed by atoms with Crippen molar-refractivity contribution >= 4 is 34.9 Å². The molecule has 4 rings (SSSR count). The standard InChI is InChI=1S/C26H30N4O5S/c1-4-35-24(32)18-5-8-26(33,9-6-18)25-28-15-20(36-25)19-11-16(2)12-22(29-19)30-21-13-17(7-10-27-21)14-23(31)34-3/h7,10-13,15,18,33H,4-6,8-9,14H2,1-3H3,(H,27,29,30). The van der Waals surface area contributed by atoms with E-state index in [9.17, 15) is 14.7 Å². The lowest BCUT2D eigenvalue weighted by molar-refractivity contribution is -0.151. The van der Waals surface area contributed by atoms with Gasteiger partial charge in [0.05, 0.1) is 36.6 Å². The molecule has 0 radical (unpaired) electrons. The highest BCUT2D eigenvalue weighted by atomic mass is 32.1. The third kappa shape index (κ3) is 6.06. The summed E-state index contributed by atoms with van der Waals surface area (Å²) in [5, 5.41) is 15.1. The Bertz CT molecular complexity index is 1240. The number of ether oxygens (including phenoxy) is 2. The van der Waals surface area contributed by atoms with Gasteiger partial charge in [0.25, 0.3) is 0 Å². The van der Waals surface area contributed by atoms with Crippen LogP contribution >= 0.6 is 11.3 Å². The second-order valence-electron chi connectivity index (χ2n) is 8.93. The summed E-state index contributed by atoms with van der Waals surface area (Å²) in [5.74, 6) is 0.500. The predicted molar refractivity (Wildman–Crippen MR) is 136 cm³/mol. The number of esters is 2. The van der Waals surface area contributed by atoms with E-state index < -0.39 is 5.60 Å². The zero-order valence-electron chi connectivity index (χ0n) is 20.6. The first-order valence-corrected chi connectivity index (χ1v) is 12.7. The van der Waals surface area contributed by atoms with Gasteiger partial charge in [-0.2, -0.15) is 0 Å². The summed E-state index contributed by atoms with van der Waals surface area (Å²) in [5.41, 5.74) is 1.46. The fraction of sp³-hybridized carbons (Fsp3) is 0.423. The maximum absolute atomic E-state index is 12.1. The number of pyridine rings is 2. The lowest BCUT2D eigenvalue weighted by Gasteiger charge is -2.33. The van der Waals surface area contributed by atoms with Gasteiger partial charge in [-0.1, -0.05) is 0 Å². The lowest BCUT2D eigenvalue weighted by atomic mass is 9.79. The normalized spacial score (nSPS) is 19.5. The zero-order chi connectivity index (χ0) is 25.7. The minimum Gasteiger partial charge on any atom is -0.469 e. The van der Waals surface area contributed by atoms with E-state index >= 15 is 0 Å². The molecular formula is C26H30N4O5S. The molecule has 9 nitrogen and oxygen atoms in total. The van der Waals surface area contributed by atoms with Crippen LogP contribution in [0.15, 0.2) is 36.7 Å². The monoisotopic (exact) mass is 510 g/mol. The molecule has 0 spiro atoms. The van der Waals surface area contributed by atoms with Crippen molar-refractivity contribution < 1.29 is 24.2 Å². The van der Waals surface area contributed by atoms with Gasteiger partial charge in [-0.15, -0.1) is 11.3 Å². The number of hydrogen-bond donors (Lipinski definition) is 2. The smallest absolute Gasteiger partial charge is 0.309 e. The van der Waals surface area contributed by atoms with E-state index in [1.54, 1.807) is 31.5 Å². The van der Waals surface area contributed by atoms with Crippen LogP contribution in [0.4, 0.5) is 11.6 Å². The van der Waals surface area contributed by atoms with Crippen LogP contribution in [0.2, 0.25) is 0 Å². The number of nitrogens with zero attached hydrogens (tertiary/aromatic N) is 3. The van der Waals surface area contributed by atoms with E-state index in [4.69, 9.17) is 14.5 Å². The summed E-state index contributed by atoms with van der Waals surface area (Å²) in [6, 6.07) is 7.42. The SMILES string of the molecule is CCOC(=O)C1CCC(O)(c2ncc(-c3cc(C)cc(Nc4cc(CC(=O)OC)ccn4)n3)s2)CC1. The van der Waals surface area contributed by atoms with Crippen LogP contribution in [-0.4, -0.2) is 45.7 Å². The second kappa shape index (κ2) is 11.1. The maximum atomic E-state index is 12.1. The van der Waals surface area contributed by atoms with Crippen molar-refractivity contribution in [1.82, 2.24) is 15.0 Å². The first-order valence-electron chi connectivity index (χ1n) is 11.9. The third-order valence-corrected chi connectivity index (χ3v) is 7.43. The fourth-order valence-corrected chi connectivity index (χ4v) is 5.32. The number of carbonyl (C=O) groups excluding carboxylic acids is 2. The Morgan fingerprint density at radius 3 is 2.69 bits per heavy atom. The van der Waals surface area contributed by atoms with E-state index in [2.05, 4.69) is 15.3 Å². The molecule has 3 heterocycles. The molecule has 1 fully saturated rings. The Morgan fingerprint density at radius 2 is 1.97 bits per heavy atom. The highest BCUT2D eigenvalue weighted by molar-refractivity contribution is 7.15. The number of hydrogen-bond acceptors (Lipinski definition) is 10. The van der Waals surface area contributed by atoms with Gasteiger partial charge in [-0.25, -0.2) is 15.0 Å². The van der Waals surface area contributed by atoms with Crippen molar-refractivity contribution in [2.45, 2.75) is 51.6 Å². The van der Waals surface area contributed by atoms with Crippen molar-refractivity contribution in [3.63, 3.8) is 0 Å². The van der Waals surface area contributed by atoms with Gasteiger partial charge >= 0.3 is 11.9 Å². The molecule has 0 amide bonds. The summed E-state index contributed by atoms with van der Waals surface area (Å²) in [7, 11) is 1.36. The molecule has 3 aromatic rings. The van der Waals surface area contributed by atoms with Gasteiger partial charge in [-0.05, 0) is 74.9 Å². The molecule has 2 N–H and O–H groups in total. The number of rotatable bonds is 8. The van der Waals surface area contributed by atoms with Crippen molar-refractivity contribution in [2.75, 3.05) is 19.0 Å². The number of nitrogens with one attached hydrogen (secondary N) is 1. The van der Waals surface area contributed by atoms with Gasteiger partial charge in [0.2, 0.25) is 0 Å². The van der Waals surface area contributed by atoms with Crippen LogP contribution in [0, 0.1) is 12.8 Å². The van der Waals surface area contributed by atoms with Crippen LogP contribution in [0.5, 0.6) is 0 Å². The molecule has 3 aromatic heterocycles. The Kier molecular flexibility index (Phi) is 7.95. The molecule has 0 aromatic carbocycles. The number of aryl methyl sites for hydroxylation is 1. The van der Waals surface area contributed by atoms with E-state index in [-0.39, 0.29) is 24.3 Å². The zero-order valence-corrected chi connectivity index (χ0v) is 21.4. The molecule has 0 bridgehead atoms. The Hall–Kier alpha value is -3.37. The van der Waals surface area contributed by atoms with Gasteiger partial charge in [-0.3, -0.25) is 9.59 Å². The molecule has 36 heavy (non-hydrogen) atoms. The average molecular weight is 511 g/mol. The summed E-state index contributed by atoms with van der Waals surface area (Å²) in [4.78, 5) is 38.1. The van der Waals surface area contributed by atoms with E-state index in [0.29, 0.717) is 48.9 Å². The molecule has 1 saturated carbocycles. The Morgan fingerprint density at radius 1 is 1.19 bits per heavy atom.